The number of rotatable bonds is 4. The fraction of sp³-hybridized carbons (Fsp3) is 0.105. The molecule has 0 fully saturated rings. The van der Waals surface area contributed by atoms with E-state index in [4.69, 9.17) is 4.42 Å². The van der Waals surface area contributed by atoms with Crippen LogP contribution in [0, 0.1) is 13.8 Å². The summed E-state index contributed by atoms with van der Waals surface area (Å²) in [6, 6.07) is 10.4. The summed E-state index contributed by atoms with van der Waals surface area (Å²) >= 11 is 1.13. The zero-order valence-corrected chi connectivity index (χ0v) is 16.2. The monoisotopic (exact) mass is 409 g/mol. The maximum atomic E-state index is 12.8. The molecule has 0 unspecified atom stereocenters. The van der Waals surface area contributed by atoms with Gasteiger partial charge in [-0.1, -0.05) is 18.2 Å². The van der Waals surface area contributed by atoms with E-state index in [9.17, 15) is 14.7 Å². The van der Waals surface area contributed by atoms with Crippen molar-refractivity contribution in [3.8, 4) is 22.1 Å². The molecule has 0 saturated heterocycles. The van der Waals surface area contributed by atoms with E-state index in [1.54, 1.807) is 31.4 Å². The van der Waals surface area contributed by atoms with Crippen molar-refractivity contribution in [1.82, 2.24) is 14.8 Å². The fourth-order valence-electron chi connectivity index (χ4n) is 2.71. The van der Waals surface area contributed by atoms with Crippen molar-refractivity contribution >= 4 is 22.7 Å². The van der Waals surface area contributed by atoms with E-state index < -0.39 is 11.2 Å². The van der Waals surface area contributed by atoms with Gasteiger partial charge in [-0.3, -0.25) is 9.89 Å². The number of thiazole rings is 1. The third-order valence-corrected chi connectivity index (χ3v) is 4.88. The number of aromatic amines is 1. The molecule has 0 amide bonds. The molecule has 0 bridgehead atoms. The fourth-order valence-corrected chi connectivity index (χ4v) is 3.48. The topological polar surface area (TPSA) is 126 Å². The highest BCUT2D eigenvalue weighted by Crippen LogP contribution is 2.29. The van der Waals surface area contributed by atoms with Crippen LogP contribution in [-0.2, 0) is 0 Å². The molecule has 4 aromatic rings. The van der Waals surface area contributed by atoms with Crippen molar-refractivity contribution in [2.24, 2.45) is 10.2 Å². The van der Waals surface area contributed by atoms with Crippen LogP contribution in [0.3, 0.4) is 0 Å². The Bertz CT molecular complexity index is 1330. The van der Waals surface area contributed by atoms with Crippen molar-refractivity contribution in [2.75, 3.05) is 0 Å². The molecule has 0 aliphatic carbocycles. The second-order valence-corrected chi connectivity index (χ2v) is 7.02. The molecule has 146 valence electrons. The molecule has 0 saturated carbocycles. The summed E-state index contributed by atoms with van der Waals surface area (Å²) in [6.45, 7) is 3.26. The van der Waals surface area contributed by atoms with Gasteiger partial charge >= 0.3 is 11.2 Å². The van der Waals surface area contributed by atoms with Crippen LogP contribution in [-0.4, -0.2) is 19.9 Å². The molecule has 1 aromatic carbocycles. The number of aromatic nitrogens is 3. The van der Waals surface area contributed by atoms with E-state index in [0.29, 0.717) is 11.4 Å². The van der Waals surface area contributed by atoms with E-state index in [2.05, 4.69) is 20.3 Å². The van der Waals surface area contributed by atoms with E-state index >= 15 is 0 Å². The second-order valence-electron chi connectivity index (χ2n) is 6.18. The first-order valence-electron chi connectivity index (χ1n) is 8.52. The highest BCUT2D eigenvalue weighted by Gasteiger charge is 2.19. The maximum absolute atomic E-state index is 12.8. The lowest BCUT2D eigenvalue weighted by atomic mass is 10.2. The summed E-state index contributed by atoms with van der Waals surface area (Å²) < 4.78 is 6.24. The molecular weight excluding hydrogens is 394 g/mol. The Balaban J connectivity index is 1.72. The molecular formula is C19H15N5O4S. The first kappa shape index (κ1) is 18.6. The highest BCUT2D eigenvalue weighted by molar-refractivity contribution is 7.12. The molecule has 2 N–H and O–H groups in total. The largest absolute Gasteiger partial charge is 0.507 e. The number of nitrogens with zero attached hydrogens (tertiary/aromatic N) is 4. The van der Waals surface area contributed by atoms with Gasteiger partial charge in [-0.25, -0.2) is 9.78 Å². The Kier molecular flexibility index (Phi) is 4.69. The summed E-state index contributed by atoms with van der Waals surface area (Å²) in [5.74, 6) is 0.0549. The Labute approximate surface area is 167 Å². The summed E-state index contributed by atoms with van der Waals surface area (Å²) in [5.41, 5.74) is 0.320. The minimum Gasteiger partial charge on any atom is -0.507 e. The number of aromatic hydroxyl groups is 1. The highest BCUT2D eigenvalue weighted by atomic mass is 32.1. The third-order valence-electron chi connectivity index (χ3n) is 4.06. The summed E-state index contributed by atoms with van der Waals surface area (Å²) in [5, 5.41) is 23.0. The van der Waals surface area contributed by atoms with E-state index in [-0.39, 0.29) is 33.6 Å². The van der Waals surface area contributed by atoms with E-state index in [1.807, 2.05) is 18.2 Å². The van der Waals surface area contributed by atoms with Crippen molar-refractivity contribution < 1.29 is 9.52 Å². The molecule has 9 nitrogen and oxygen atoms in total. The van der Waals surface area contributed by atoms with Gasteiger partial charge in [0.15, 0.2) is 5.69 Å². The SMILES string of the molecule is Cc1cc(O)c(-c2csc(-n3[nH]c(C)c(N=Nc4ccccc4)c3=O)n2)c(=O)o1. The van der Waals surface area contributed by atoms with E-state index in [1.165, 1.54) is 10.7 Å². The van der Waals surface area contributed by atoms with Gasteiger partial charge in [-0.2, -0.15) is 9.80 Å². The smallest absolute Gasteiger partial charge is 0.349 e. The Morgan fingerprint density at radius 1 is 1.17 bits per heavy atom. The van der Waals surface area contributed by atoms with Gasteiger partial charge in [0.1, 0.15) is 17.1 Å². The zero-order valence-electron chi connectivity index (χ0n) is 15.4. The summed E-state index contributed by atoms with van der Waals surface area (Å²) in [4.78, 5) is 29.1. The number of hydrogen-bond acceptors (Lipinski definition) is 8. The minimum atomic E-state index is -0.702. The molecule has 29 heavy (non-hydrogen) atoms. The first-order valence-corrected chi connectivity index (χ1v) is 9.40. The lowest BCUT2D eigenvalue weighted by Crippen LogP contribution is -2.14. The van der Waals surface area contributed by atoms with Gasteiger partial charge in [0.05, 0.1) is 17.1 Å². The average molecular weight is 409 g/mol. The van der Waals surface area contributed by atoms with Gasteiger partial charge in [0.2, 0.25) is 5.13 Å². The lowest BCUT2D eigenvalue weighted by molar-refractivity contribution is 0.438. The maximum Gasteiger partial charge on any atom is 0.349 e. The molecule has 10 heteroatoms. The second kappa shape index (κ2) is 7.32. The van der Waals surface area contributed by atoms with Crippen LogP contribution in [0.15, 0.2) is 66.0 Å². The third kappa shape index (κ3) is 3.52. The van der Waals surface area contributed by atoms with Crippen LogP contribution in [0.2, 0.25) is 0 Å². The number of benzene rings is 1. The Morgan fingerprint density at radius 3 is 2.66 bits per heavy atom. The Morgan fingerprint density at radius 2 is 1.93 bits per heavy atom. The molecule has 3 heterocycles. The number of hydrogen-bond donors (Lipinski definition) is 2. The molecule has 4 rings (SSSR count). The van der Waals surface area contributed by atoms with Crippen molar-refractivity contribution in [3.63, 3.8) is 0 Å². The molecule has 0 radical (unpaired) electrons. The molecule has 3 aromatic heterocycles. The minimum absolute atomic E-state index is 0.0570. The quantitative estimate of drug-likeness (QED) is 0.493. The van der Waals surface area contributed by atoms with Crippen LogP contribution in [0.4, 0.5) is 11.4 Å². The van der Waals surface area contributed by atoms with Gasteiger partial charge in [-0.05, 0) is 26.0 Å². The standard InChI is InChI=1S/C19H15N5O4S/c1-10-8-14(25)15(18(27)28-10)13-9-29-19(20-13)24-17(26)16(11(2)23-24)22-21-12-6-4-3-5-7-12/h3-9,23,25H,1-2H3. The normalized spacial score (nSPS) is 11.4. The zero-order chi connectivity index (χ0) is 20.5. The van der Waals surface area contributed by atoms with Gasteiger partial charge < -0.3 is 9.52 Å². The van der Waals surface area contributed by atoms with Gasteiger partial charge in [0, 0.05) is 11.4 Å². The van der Waals surface area contributed by atoms with Crippen LogP contribution in [0.1, 0.15) is 11.5 Å². The van der Waals surface area contributed by atoms with Crippen molar-refractivity contribution in [2.45, 2.75) is 13.8 Å². The predicted octanol–water partition coefficient (Wildman–Crippen LogP) is 3.98. The van der Waals surface area contributed by atoms with E-state index in [0.717, 1.165) is 11.3 Å². The average Bonchev–Trinajstić information content (AvgIpc) is 3.25. The summed E-state index contributed by atoms with van der Waals surface area (Å²) in [7, 11) is 0. The molecule has 0 aliphatic heterocycles. The number of H-pyrrole nitrogens is 1. The van der Waals surface area contributed by atoms with Crippen LogP contribution in [0.25, 0.3) is 16.4 Å². The molecule has 0 aliphatic rings. The number of aryl methyl sites for hydroxylation is 2. The number of nitrogens with one attached hydrogen (secondary N) is 1. The lowest BCUT2D eigenvalue weighted by Gasteiger charge is -2.00. The van der Waals surface area contributed by atoms with Gasteiger partial charge in [-0.15, -0.1) is 16.5 Å². The predicted molar refractivity (Wildman–Crippen MR) is 108 cm³/mol. The van der Waals surface area contributed by atoms with Gasteiger partial charge in [0.25, 0.3) is 0 Å². The van der Waals surface area contributed by atoms with Crippen LogP contribution in [0.5, 0.6) is 5.75 Å². The molecule has 0 spiro atoms. The first-order chi connectivity index (χ1) is 13.9. The number of azo groups is 1. The van der Waals surface area contributed by atoms with Crippen molar-refractivity contribution in [3.05, 3.63) is 74.0 Å². The molecule has 0 atom stereocenters. The summed E-state index contributed by atoms with van der Waals surface area (Å²) in [6.07, 6.45) is 0. The van der Waals surface area contributed by atoms with Crippen LogP contribution >= 0.6 is 11.3 Å². The Hall–Kier alpha value is -3.79. The van der Waals surface area contributed by atoms with Crippen LogP contribution < -0.4 is 11.2 Å². The van der Waals surface area contributed by atoms with Crippen molar-refractivity contribution in [1.29, 1.82) is 0 Å².